The Hall–Kier alpha value is -7.92. The molecule has 0 bridgehead atoms. The van der Waals surface area contributed by atoms with Gasteiger partial charge in [-0.05, 0) is 35.4 Å². The van der Waals surface area contributed by atoms with Crippen molar-refractivity contribution in [2.75, 3.05) is 13.2 Å². The molecule has 8 aromatic rings. The fraction of sp³-hybridized carbons (Fsp3) is 0.143. The van der Waals surface area contributed by atoms with Crippen LogP contribution in [0.5, 0.6) is 11.5 Å². The number of ether oxygens (including phenoxy) is 2. The van der Waals surface area contributed by atoms with E-state index in [0.717, 1.165) is 39.8 Å². The molecule has 2 aliphatic heterocycles. The van der Waals surface area contributed by atoms with Crippen molar-refractivity contribution in [2.24, 2.45) is 5.73 Å². The number of carboxylic acids is 1. The van der Waals surface area contributed by atoms with Gasteiger partial charge >= 0.3 is 5.97 Å². The number of nitrogens with one attached hydrogen (secondary N) is 3. The van der Waals surface area contributed by atoms with Gasteiger partial charge in [-0.15, -0.1) is 10.2 Å². The fourth-order valence-corrected chi connectivity index (χ4v) is 6.48. The molecule has 0 unspecified atom stereocenters. The van der Waals surface area contributed by atoms with E-state index in [1.165, 1.54) is 0 Å². The normalized spacial score (nSPS) is 14.7. The first-order valence-electron chi connectivity index (χ1n) is 18.6. The third-order valence-corrected chi connectivity index (χ3v) is 9.25. The first-order chi connectivity index (χ1) is 28.9. The van der Waals surface area contributed by atoms with Gasteiger partial charge in [-0.1, -0.05) is 84.9 Å². The highest BCUT2D eigenvalue weighted by Crippen LogP contribution is 2.31. The van der Waals surface area contributed by atoms with Crippen molar-refractivity contribution >= 4 is 11.9 Å². The van der Waals surface area contributed by atoms with Crippen molar-refractivity contribution in [3.05, 3.63) is 180 Å². The molecule has 17 nitrogen and oxygen atoms in total. The van der Waals surface area contributed by atoms with Crippen molar-refractivity contribution < 1.29 is 24.2 Å². The molecule has 10 rings (SSSR count). The van der Waals surface area contributed by atoms with Gasteiger partial charge in [0.1, 0.15) is 54.1 Å². The molecule has 2 aliphatic rings. The lowest BCUT2D eigenvalue weighted by atomic mass is 10.1. The minimum absolute atomic E-state index is 0.0933. The van der Waals surface area contributed by atoms with Crippen molar-refractivity contribution in [2.45, 2.75) is 24.9 Å². The maximum absolute atomic E-state index is 12.7. The Labute approximate surface area is 336 Å². The summed E-state index contributed by atoms with van der Waals surface area (Å²) >= 11 is 0. The largest absolute Gasteiger partial charge is 0.489 e. The van der Waals surface area contributed by atoms with Crippen LogP contribution in [-0.4, -0.2) is 79.7 Å². The number of amides is 1. The van der Waals surface area contributed by atoms with E-state index >= 15 is 0 Å². The highest BCUT2D eigenvalue weighted by molar-refractivity contribution is 5.90. The van der Waals surface area contributed by atoms with Gasteiger partial charge in [0.15, 0.2) is 0 Å². The summed E-state index contributed by atoms with van der Waals surface area (Å²) in [4.78, 5) is 40.1. The zero-order valence-corrected chi connectivity index (χ0v) is 31.4. The molecule has 4 aromatic heterocycles. The van der Waals surface area contributed by atoms with Gasteiger partial charge in [0, 0.05) is 37.6 Å². The average Bonchev–Trinajstić information content (AvgIpc) is 4.10. The summed E-state index contributed by atoms with van der Waals surface area (Å²) in [5.74, 6) is 2.72. The predicted molar refractivity (Wildman–Crippen MR) is 213 cm³/mol. The number of benzene rings is 4. The molecule has 2 atom stereocenters. The Balaban J connectivity index is 0.000000136. The van der Waals surface area contributed by atoms with E-state index < -0.39 is 12.0 Å². The summed E-state index contributed by atoms with van der Waals surface area (Å²) in [6, 6.07) is 34.5. The van der Waals surface area contributed by atoms with E-state index in [2.05, 4.69) is 45.6 Å². The van der Waals surface area contributed by atoms with Crippen LogP contribution < -0.4 is 20.5 Å². The number of aromatic carboxylic acids is 1. The van der Waals surface area contributed by atoms with Crippen LogP contribution in [0, 0.1) is 0 Å². The Bertz CT molecular complexity index is 2650. The number of aromatic amines is 2. The molecular weight excluding hydrogens is 753 g/mol. The number of hydrogen-bond donors (Lipinski definition) is 5. The van der Waals surface area contributed by atoms with Crippen LogP contribution in [0.3, 0.4) is 0 Å². The molecule has 0 saturated heterocycles. The monoisotopic (exact) mass is 790 g/mol. The van der Waals surface area contributed by atoms with E-state index in [9.17, 15) is 9.59 Å². The Morgan fingerprint density at radius 3 is 1.75 bits per heavy atom. The molecule has 0 radical (unpaired) electrons. The number of para-hydroxylation sites is 4. The second-order valence-electron chi connectivity index (χ2n) is 13.3. The number of nitrogens with two attached hydrogens (primary N) is 1. The van der Waals surface area contributed by atoms with E-state index in [0.29, 0.717) is 36.9 Å². The van der Waals surface area contributed by atoms with Gasteiger partial charge in [0.2, 0.25) is 5.82 Å². The third kappa shape index (κ3) is 8.90. The van der Waals surface area contributed by atoms with Gasteiger partial charge < -0.3 is 25.6 Å². The zero-order chi connectivity index (χ0) is 40.6. The Morgan fingerprint density at radius 2 is 1.17 bits per heavy atom. The number of carbonyl (C=O) groups excluding carboxylic acids is 1. The first kappa shape index (κ1) is 38.0. The molecule has 0 saturated carbocycles. The van der Waals surface area contributed by atoms with E-state index in [1.54, 1.807) is 12.4 Å². The van der Waals surface area contributed by atoms with E-state index in [-0.39, 0.29) is 30.2 Å². The van der Waals surface area contributed by atoms with Crippen molar-refractivity contribution in [3.63, 3.8) is 0 Å². The molecule has 1 amide bonds. The molecule has 0 fully saturated rings. The summed E-state index contributed by atoms with van der Waals surface area (Å²) in [6.07, 6.45) is 8.36. The lowest BCUT2D eigenvalue weighted by Gasteiger charge is -2.15. The lowest BCUT2D eigenvalue weighted by molar-refractivity contribution is 0.0683. The van der Waals surface area contributed by atoms with Crippen molar-refractivity contribution in [3.8, 4) is 22.9 Å². The quantitative estimate of drug-likeness (QED) is 0.147. The Morgan fingerprint density at radius 1 is 0.678 bits per heavy atom. The minimum atomic E-state index is -1.12. The molecule has 296 valence electrons. The number of carboxylic acid groups (broad SMARTS) is 1. The Kier molecular flexibility index (Phi) is 11.3. The molecule has 17 heteroatoms. The van der Waals surface area contributed by atoms with Crippen LogP contribution in [-0.2, 0) is 12.8 Å². The summed E-state index contributed by atoms with van der Waals surface area (Å²) in [6.45, 7) is 0.731. The van der Waals surface area contributed by atoms with Gasteiger partial charge in [0.25, 0.3) is 11.7 Å². The van der Waals surface area contributed by atoms with Gasteiger partial charge in [-0.3, -0.25) is 24.1 Å². The van der Waals surface area contributed by atoms with Crippen LogP contribution in [0.15, 0.2) is 134 Å². The minimum Gasteiger partial charge on any atom is -0.489 e. The first-order valence-corrected chi connectivity index (χ1v) is 18.6. The van der Waals surface area contributed by atoms with Crippen LogP contribution in [0.25, 0.3) is 11.4 Å². The van der Waals surface area contributed by atoms with E-state index in [4.69, 9.17) is 20.3 Å². The van der Waals surface area contributed by atoms with Crippen molar-refractivity contribution in [1.29, 1.82) is 0 Å². The number of carbonyl (C=O) groups is 2. The third-order valence-electron chi connectivity index (χ3n) is 9.25. The number of aromatic nitrogens is 10. The van der Waals surface area contributed by atoms with E-state index in [1.807, 2.05) is 131 Å². The number of rotatable bonds is 7. The summed E-state index contributed by atoms with van der Waals surface area (Å²) in [5.41, 5.74) is 10.00. The number of H-pyrrole nitrogens is 2. The molecule has 4 aromatic carbocycles. The molecule has 6 heterocycles. The molecule has 0 aliphatic carbocycles. The average molecular weight is 791 g/mol. The highest BCUT2D eigenvalue weighted by atomic mass is 16.5. The number of hydrogen-bond acceptors (Lipinski definition) is 11. The number of nitrogens with zero attached hydrogens (tertiary/aromatic N) is 8. The summed E-state index contributed by atoms with van der Waals surface area (Å²) < 4.78 is 15.4. The smallest absolute Gasteiger partial charge is 0.375 e. The zero-order valence-electron chi connectivity index (χ0n) is 31.4. The number of fused-ring (bicyclic) bond motifs is 6. The molecule has 6 N–H and O–H groups in total. The van der Waals surface area contributed by atoms with Crippen LogP contribution in [0.4, 0.5) is 0 Å². The van der Waals surface area contributed by atoms with Gasteiger partial charge in [-0.25, -0.2) is 24.7 Å². The van der Waals surface area contributed by atoms with Crippen LogP contribution >= 0.6 is 0 Å². The second kappa shape index (κ2) is 17.5. The summed E-state index contributed by atoms with van der Waals surface area (Å²) in [5, 5.41) is 24.6. The molecular formula is C42H38N12O5. The maximum Gasteiger partial charge on any atom is 0.375 e. The highest BCUT2D eigenvalue weighted by Gasteiger charge is 2.27. The van der Waals surface area contributed by atoms with Crippen LogP contribution in [0.2, 0.25) is 0 Å². The van der Waals surface area contributed by atoms with Crippen molar-refractivity contribution in [1.82, 2.24) is 54.8 Å². The lowest BCUT2D eigenvalue weighted by Crippen LogP contribution is -2.33. The second-order valence-corrected chi connectivity index (χ2v) is 13.3. The van der Waals surface area contributed by atoms with Crippen LogP contribution in [0.1, 0.15) is 67.7 Å². The topological polar surface area (TPSA) is 230 Å². The number of imidazole rings is 2. The van der Waals surface area contributed by atoms with Gasteiger partial charge in [0.05, 0.1) is 17.4 Å². The predicted octanol–water partition coefficient (Wildman–Crippen LogP) is 4.80. The maximum atomic E-state index is 12.7. The fourth-order valence-electron chi connectivity index (χ4n) is 6.48. The standard InChI is InChI=1S/C21H18N6O2.C11H11N3O.C10H9N3O2/c28-21(19-24-18(25-26-19)12-14-6-2-1-3-7-14)23-15-13-29-17-9-5-4-8-16(17)27-11-10-22-20(15)27;12-8-7-15-10-4-2-1-3-9(10)14-6-5-13-11(8)14;14-10(15)9-11-8(12-13-9)6-7-4-2-1-3-5-7/h1-11,15H,12-13H2,(H,23,28)(H,24,25,26);1-6,8H,7,12H2;1-5H,6H2,(H,14,15)(H,11,12,13)/t15-;8-;/m11./s1. The molecule has 59 heavy (non-hydrogen) atoms. The summed E-state index contributed by atoms with van der Waals surface area (Å²) in [7, 11) is 0. The molecule has 0 spiro atoms. The van der Waals surface area contributed by atoms with Gasteiger partial charge in [-0.2, -0.15) is 0 Å². The SMILES string of the molecule is N[C@@H]1COc2ccccc2-n2ccnc21.O=C(N[C@@H]1COc2ccccc2-n2ccnc21)c1n[nH]c(Cc2ccccc2)n1.O=C(O)c1n[nH]c(Cc2ccccc2)n1.